The third-order valence-electron chi connectivity index (χ3n) is 1.31. The standard InChI is InChI=1S/C6H5F2IN2O/c7-5(8)3-4(9)2(10)1-11-6(3)12/h1,5H,10H2,(H,11,12). The minimum absolute atomic E-state index is 0.117. The van der Waals surface area contributed by atoms with E-state index >= 15 is 0 Å². The van der Waals surface area contributed by atoms with Crippen LogP contribution in [0.15, 0.2) is 11.0 Å². The zero-order chi connectivity index (χ0) is 9.30. The number of nitrogens with two attached hydrogens (primary N) is 1. The number of alkyl halides is 2. The van der Waals surface area contributed by atoms with Gasteiger partial charge in [-0.25, -0.2) is 8.78 Å². The molecule has 0 spiro atoms. The van der Waals surface area contributed by atoms with Crippen LogP contribution in [0.1, 0.15) is 12.0 Å². The molecule has 66 valence electrons. The highest BCUT2D eigenvalue weighted by Gasteiger charge is 2.17. The van der Waals surface area contributed by atoms with Crippen molar-refractivity contribution in [3.63, 3.8) is 0 Å². The molecule has 0 atom stereocenters. The Labute approximate surface area is 80.1 Å². The number of halogens is 3. The summed E-state index contributed by atoms with van der Waals surface area (Å²) in [5, 5.41) is 0. The van der Waals surface area contributed by atoms with Crippen LogP contribution in [0.25, 0.3) is 0 Å². The van der Waals surface area contributed by atoms with E-state index in [1.54, 1.807) is 22.6 Å². The van der Waals surface area contributed by atoms with Gasteiger partial charge in [0.05, 0.1) is 14.8 Å². The Kier molecular flexibility index (Phi) is 2.65. The van der Waals surface area contributed by atoms with E-state index in [-0.39, 0.29) is 9.26 Å². The van der Waals surface area contributed by atoms with Gasteiger partial charge in [-0.1, -0.05) is 0 Å². The van der Waals surface area contributed by atoms with E-state index in [1.165, 1.54) is 6.20 Å². The number of H-pyrrole nitrogens is 1. The number of hydrogen-bond donors (Lipinski definition) is 2. The van der Waals surface area contributed by atoms with Crippen LogP contribution in [-0.4, -0.2) is 4.98 Å². The van der Waals surface area contributed by atoms with Gasteiger partial charge in [0.15, 0.2) is 0 Å². The normalized spacial score (nSPS) is 10.7. The second-order valence-corrected chi connectivity index (χ2v) is 3.18. The Balaban J connectivity index is 3.43. The van der Waals surface area contributed by atoms with Crippen LogP contribution < -0.4 is 11.3 Å². The van der Waals surface area contributed by atoms with Crippen molar-refractivity contribution in [2.45, 2.75) is 6.43 Å². The summed E-state index contributed by atoms with van der Waals surface area (Å²) < 4.78 is 24.5. The van der Waals surface area contributed by atoms with Gasteiger partial charge in [-0.3, -0.25) is 4.79 Å². The Morgan fingerprint density at radius 2 is 2.17 bits per heavy atom. The molecule has 1 heterocycles. The zero-order valence-electron chi connectivity index (χ0n) is 5.77. The fourth-order valence-electron chi connectivity index (χ4n) is 0.734. The molecule has 3 nitrogen and oxygen atoms in total. The molecule has 1 rings (SSSR count). The lowest BCUT2D eigenvalue weighted by molar-refractivity contribution is 0.148. The number of aromatic nitrogens is 1. The highest BCUT2D eigenvalue weighted by Crippen LogP contribution is 2.23. The lowest BCUT2D eigenvalue weighted by Crippen LogP contribution is -2.16. The predicted octanol–water partition coefficient (Wildman–Crippen LogP) is 1.50. The molecule has 0 amide bonds. The maximum absolute atomic E-state index is 12.2. The summed E-state index contributed by atoms with van der Waals surface area (Å²) >= 11 is 1.62. The molecule has 0 unspecified atom stereocenters. The molecule has 1 aromatic rings. The third-order valence-corrected chi connectivity index (χ3v) is 2.52. The van der Waals surface area contributed by atoms with Crippen molar-refractivity contribution in [2.75, 3.05) is 5.73 Å². The molecule has 0 aromatic carbocycles. The van der Waals surface area contributed by atoms with E-state index in [2.05, 4.69) is 4.98 Å². The van der Waals surface area contributed by atoms with E-state index in [0.717, 1.165) is 0 Å². The van der Waals surface area contributed by atoms with Crippen LogP contribution in [-0.2, 0) is 0 Å². The van der Waals surface area contributed by atoms with Gasteiger partial charge in [-0.2, -0.15) is 0 Å². The first kappa shape index (κ1) is 9.43. The van der Waals surface area contributed by atoms with Crippen molar-refractivity contribution < 1.29 is 8.78 Å². The molecule has 0 aliphatic rings. The minimum atomic E-state index is -2.79. The maximum Gasteiger partial charge on any atom is 0.270 e. The summed E-state index contributed by atoms with van der Waals surface area (Å²) in [5.74, 6) is 0. The monoisotopic (exact) mass is 286 g/mol. The lowest BCUT2D eigenvalue weighted by atomic mass is 10.3. The number of anilines is 1. The van der Waals surface area contributed by atoms with Crippen LogP contribution in [0, 0.1) is 3.57 Å². The Morgan fingerprint density at radius 3 is 2.58 bits per heavy atom. The van der Waals surface area contributed by atoms with E-state index in [4.69, 9.17) is 5.73 Å². The number of rotatable bonds is 1. The molecule has 6 heteroatoms. The summed E-state index contributed by atoms with van der Waals surface area (Å²) in [5.41, 5.74) is 4.13. The predicted molar refractivity (Wildman–Crippen MR) is 49.1 cm³/mol. The first-order valence-electron chi connectivity index (χ1n) is 2.98. The quantitative estimate of drug-likeness (QED) is 0.769. The van der Waals surface area contributed by atoms with E-state index < -0.39 is 17.5 Å². The topological polar surface area (TPSA) is 58.9 Å². The maximum atomic E-state index is 12.2. The van der Waals surface area contributed by atoms with E-state index in [0.29, 0.717) is 0 Å². The molecule has 0 saturated carbocycles. The molecule has 0 fully saturated rings. The van der Waals surface area contributed by atoms with Crippen molar-refractivity contribution in [2.24, 2.45) is 0 Å². The van der Waals surface area contributed by atoms with Gasteiger partial charge in [0, 0.05) is 6.20 Å². The number of hydrogen-bond acceptors (Lipinski definition) is 2. The molecule has 0 radical (unpaired) electrons. The molecule has 3 N–H and O–H groups in total. The molecule has 0 aliphatic carbocycles. The highest BCUT2D eigenvalue weighted by molar-refractivity contribution is 14.1. The number of nitrogen functional groups attached to an aromatic ring is 1. The highest BCUT2D eigenvalue weighted by atomic mass is 127. The fourth-order valence-corrected chi connectivity index (χ4v) is 1.37. The molecular formula is C6H5F2IN2O. The van der Waals surface area contributed by atoms with Gasteiger partial charge in [0.1, 0.15) is 0 Å². The first-order valence-corrected chi connectivity index (χ1v) is 4.06. The SMILES string of the molecule is Nc1c[nH]c(=O)c(C(F)F)c1I. The number of pyridine rings is 1. The average molecular weight is 286 g/mol. The van der Waals surface area contributed by atoms with Crippen molar-refractivity contribution >= 4 is 28.3 Å². The molecule has 12 heavy (non-hydrogen) atoms. The van der Waals surface area contributed by atoms with Gasteiger partial charge in [0.25, 0.3) is 12.0 Å². The summed E-state index contributed by atoms with van der Waals surface area (Å²) in [4.78, 5) is 13.0. The molecule has 0 aliphatic heterocycles. The number of nitrogens with one attached hydrogen (secondary N) is 1. The Morgan fingerprint density at radius 1 is 1.58 bits per heavy atom. The van der Waals surface area contributed by atoms with Crippen LogP contribution in [0.4, 0.5) is 14.5 Å². The minimum Gasteiger partial charge on any atom is -0.397 e. The van der Waals surface area contributed by atoms with Crippen LogP contribution in [0.5, 0.6) is 0 Å². The van der Waals surface area contributed by atoms with Crippen molar-refractivity contribution in [3.05, 3.63) is 25.7 Å². The Bertz CT molecular complexity index is 350. The van der Waals surface area contributed by atoms with Gasteiger partial charge in [-0.15, -0.1) is 0 Å². The van der Waals surface area contributed by atoms with Crippen LogP contribution in [0.3, 0.4) is 0 Å². The van der Waals surface area contributed by atoms with E-state index in [1.807, 2.05) is 0 Å². The summed E-state index contributed by atoms with van der Waals surface area (Å²) in [6.45, 7) is 0. The first-order chi connectivity index (χ1) is 5.54. The second kappa shape index (κ2) is 3.38. The third kappa shape index (κ3) is 1.57. The molecule has 1 aromatic heterocycles. The van der Waals surface area contributed by atoms with Gasteiger partial charge in [0.2, 0.25) is 0 Å². The van der Waals surface area contributed by atoms with Crippen LogP contribution >= 0.6 is 22.6 Å². The Hall–Kier alpha value is -0.660. The summed E-state index contributed by atoms with van der Waals surface area (Å²) in [6, 6.07) is 0. The lowest BCUT2D eigenvalue weighted by Gasteiger charge is -2.03. The number of aromatic amines is 1. The fraction of sp³-hybridized carbons (Fsp3) is 0.167. The van der Waals surface area contributed by atoms with E-state index in [9.17, 15) is 13.6 Å². The molecular weight excluding hydrogens is 281 g/mol. The molecule has 0 bridgehead atoms. The smallest absolute Gasteiger partial charge is 0.270 e. The zero-order valence-corrected chi connectivity index (χ0v) is 7.93. The van der Waals surface area contributed by atoms with Crippen molar-refractivity contribution in [1.29, 1.82) is 0 Å². The summed E-state index contributed by atoms with van der Waals surface area (Å²) in [6.07, 6.45) is -1.58. The van der Waals surface area contributed by atoms with Gasteiger partial charge < -0.3 is 10.7 Å². The van der Waals surface area contributed by atoms with Crippen LogP contribution in [0.2, 0.25) is 0 Å². The second-order valence-electron chi connectivity index (χ2n) is 2.10. The largest absolute Gasteiger partial charge is 0.397 e. The average Bonchev–Trinajstić information content (AvgIpc) is 1.97. The van der Waals surface area contributed by atoms with Crippen molar-refractivity contribution in [3.8, 4) is 0 Å². The van der Waals surface area contributed by atoms with Gasteiger partial charge >= 0.3 is 0 Å². The van der Waals surface area contributed by atoms with Crippen molar-refractivity contribution in [1.82, 2.24) is 4.98 Å². The molecule has 0 saturated heterocycles. The van der Waals surface area contributed by atoms with Gasteiger partial charge in [-0.05, 0) is 22.6 Å². The summed E-state index contributed by atoms with van der Waals surface area (Å²) in [7, 11) is 0.